The number of unbranched alkanes of at least 4 members (excludes halogenated alkanes) is 6. The summed E-state index contributed by atoms with van der Waals surface area (Å²) in [6, 6.07) is 5.30. The fraction of sp³-hybridized carbons (Fsp3) is 0.750. The van der Waals surface area contributed by atoms with Crippen molar-refractivity contribution in [3.8, 4) is 0 Å². The molecule has 0 unspecified atom stereocenters. The molecule has 0 amide bonds. The van der Waals surface area contributed by atoms with Gasteiger partial charge in [-0.25, -0.2) is 0 Å². The quantitative estimate of drug-likeness (QED) is 0.185. The molecule has 1 aliphatic rings. The predicted molar refractivity (Wildman–Crippen MR) is 148 cm³/mol. The SMILES string of the molecule is CCCCCN(C)CCCCCCCO[C@H]1CC[C@H](N(C)C(=S)Nc2ccc(C(F)(F)F)cc2)CC1. The van der Waals surface area contributed by atoms with Gasteiger partial charge < -0.3 is 19.9 Å². The largest absolute Gasteiger partial charge is 0.416 e. The van der Waals surface area contributed by atoms with Gasteiger partial charge in [0, 0.05) is 25.4 Å². The van der Waals surface area contributed by atoms with Crippen LogP contribution in [0.4, 0.5) is 18.9 Å². The van der Waals surface area contributed by atoms with Gasteiger partial charge in [-0.3, -0.25) is 0 Å². The summed E-state index contributed by atoms with van der Waals surface area (Å²) in [5.41, 5.74) is -0.0949. The van der Waals surface area contributed by atoms with Crippen LogP contribution in [0.2, 0.25) is 0 Å². The van der Waals surface area contributed by atoms with Crippen molar-refractivity contribution in [1.29, 1.82) is 0 Å². The van der Waals surface area contributed by atoms with Crippen molar-refractivity contribution in [1.82, 2.24) is 9.80 Å². The van der Waals surface area contributed by atoms with Crippen LogP contribution >= 0.6 is 12.2 Å². The van der Waals surface area contributed by atoms with E-state index in [1.54, 1.807) is 0 Å². The van der Waals surface area contributed by atoms with Crippen molar-refractivity contribution in [2.24, 2.45) is 0 Å². The van der Waals surface area contributed by atoms with Crippen LogP contribution in [-0.2, 0) is 10.9 Å². The lowest BCUT2D eigenvalue weighted by Crippen LogP contribution is -2.42. The molecule has 1 aliphatic carbocycles. The van der Waals surface area contributed by atoms with Gasteiger partial charge in [-0.2, -0.15) is 13.2 Å². The molecule has 0 radical (unpaired) electrons. The third-order valence-corrected chi connectivity index (χ3v) is 7.55. The number of ether oxygens (including phenoxy) is 1. The first-order chi connectivity index (χ1) is 17.2. The fourth-order valence-electron chi connectivity index (χ4n) is 4.73. The molecule has 8 heteroatoms. The number of hydrogen-bond donors (Lipinski definition) is 1. The van der Waals surface area contributed by atoms with Crippen LogP contribution in [0.15, 0.2) is 24.3 Å². The minimum atomic E-state index is -4.33. The molecule has 1 aromatic carbocycles. The molecule has 1 aromatic rings. The average Bonchev–Trinajstić information content (AvgIpc) is 2.85. The lowest BCUT2D eigenvalue weighted by atomic mass is 9.92. The monoisotopic (exact) mass is 529 g/mol. The second-order valence-electron chi connectivity index (χ2n) is 10.2. The summed E-state index contributed by atoms with van der Waals surface area (Å²) in [4.78, 5) is 4.49. The first-order valence-corrected chi connectivity index (χ1v) is 14.1. The number of benzene rings is 1. The van der Waals surface area contributed by atoms with Crippen LogP contribution in [0.3, 0.4) is 0 Å². The first-order valence-electron chi connectivity index (χ1n) is 13.7. The van der Waals surface area contributed by atoms with E-state index < -0.39 is 11.7 Å². The highest BCUT2D eigenvalue weighted by Crippen LogP contribution is 2.30. The van der Waals surface area contributed by atoms with Crippen molar-refractivity contribution >= 4 is 23.0 Å². The highest BCUT2D eigenvalue weighted by atomic mass is 32.1. The maximum Gasteiger partial charge on any atom is 0.416 e. The molecule has 0 saturated heterocycles. The van der Waals surface area contributed by atoms with E-state index in [1.807, 2.05) is 11.9 Å². The lowest BCUT2D eigenvalue weighted by Gasteiger charge is -2.36. The Morgan fingerprint density at radius 1 is 0.917 bits per heavy atom. The fourth-order valence-corrected chi connectivity index (χ4v) is 4.99. The zero-order chi connectivity index (χ0) is 26.4. The summed E-state index contributed by atoms with van der Waals surface area (Å²) in [5.74, 6) is 0. The van der Waals surface area contributed by atoms with Crippen molar-refractivity contribution in [3.05, 3.63) is 29.8 Å². The van der Waals surface area contributed by atoms with E-state index in [0.29, 0.717) is 22.9 Å². The Bertz CT molecular complexity index is 737. The Labute approximate surface area is 221 Å². The molecule has 1 saturated carbocycles. The molecule has 0 aliphatic heterocycles. The molecule has 0 bridgehead atoms. The van der Waals surface area contributed by atoms with Crippen molar-refractivity contribution in [2.75, 3.05) is 39.1 Å². The van der Waals surface area contributed by atoms with Crippen LogP contribution in [0.1, 0.15) is 89.5 Å². The van der Waals surface area contributed by atoms with Gasteiger partial charge in [0.15, 0.2) is 5.11 Å². The van der Waals surface area contributed by atoms with Crippen LogP contribution in [0, 0.1) is 0 Å². The van der Waals surface area contributed by atoms with E-state index >= 15 is 0 Å². The van der Waals surface area contributed by atoms with E-state index in [0.717, 1.165) is 50.8 Å². The number of alkyl halides is 3. The summed E-state index contributed by atoms with van der Waals surface area (Å²) in [5, 5.41) is 3.60. The Balaban J connectivity index is 1.53. The molecular weight excluding hydrogens is 483 g/mol. The first kappa shape index (κ1) is 30.8. The smallest absolute Gasteiger partial charge is 0.378 e. The highest BCUT2D eigenvalue weighted by molar-refractivity contribution is 7.80. The molecule has 0 heterocycles. The number of hydrogen-bond acceptors (Lipinski definition) is 3. The van der Waals surface area contributed by atoms with Gasteiger partial charge >= 0.3 is 6.18 Å². The third-order valence-electron chi connectivity index (χ3n) is 7.16. The van der Waals surface area contributed by atoms with Gasteiger partial charge in [-0.05, 0) is 102 Å². The van der Waals surface area contributed by atoms with E-state index in [2.05, 4.69) is 24.2 Å². The minimum Gasteiger partial charge on any atom is -0.378 e. The maximum absolute atomic E-state index is 12.7. The molecule has 0 aromatic heterocycles. The van der Waals surface area contributed by atoms with Gasteiger partial charge in [0.1, 0.15) is 0 Å². The molecule has 2 rings (SSSR count). The minimum absolute atomic E-state index is 0.319. The number of anilines is 1. The molecule has 1 N–H and O–H groups in total. The number of nitrogens with zero attached hydrogens (tertiary/aromatic N) is 2. The molecule has 0 atom stereocenters. The normalized spacial score (nSPS) is 18.4. The summed E-state index contributed by atoms with van der Waals surface area (Å²) in [6.07, 6.45) is 10.2. The van der Waals surface area contributed by atoms with Crippen molar-refractivity contribution in [3.63, 3.8) is 0 Å². The second kappa shape index (κ2) is 16.5. The van der Waals surface area contributed by atoms with Gasteiger partial charge in [-0.15, -0.1) is 0 Å². The predicted octanol–water partition coefficient (Wildman–Crippen LogP) is 7.73. The molecular formula is C28H46F3N3OS. The highest BCUT2D eigenvalue weighted by Gasteiger charge is 2.30. The lowest BCUT2D eigenvalue weighted by molar-refractivity contribution is -0.137. The third kappa shape index (κ3) is 11.8. The van der Waals surface area contributed by atoms with E-state index in [-0.39, 0.29) is 0 Å². The summed E-state index contributed by atoms with van der Waals surface area (Å²) < 4.78 is 44.4. The van der Waals surface area contributed by atoms with E-state index in [1.165, 1.54) is 70.2 Å². The average molecular weight is 530 g/mol. The molecule has 36 heavy (non-hydrogen) atoms. The van der Waals surface area contributed by atoms with Crippen molar-refractivity contribution < 1.29 is 17.9 Å². The van der Waals surface area contributed by atoms with E-state index in [4.69, 9.17) is 17.0 Å². The summed E-state index contributed by atoms with van der Waals surface area (Å²) >= 11 is 5.50. The van der Waals surface area contributed by atoms with Gasteiger partial charge in [0.2, 0.25) is 0 Å². The van der Waals surface area contributed by atoms with Gasteiger partial charge in [0.05, 0.1) is 11.7 Å². The topological polar surface area (TPSA) is 27.7 Å². The van der Waals surface area contributed by atoms with Crippen LogP contribution < -0.4 is 5.32 Å². The Morgan fingerprint density at radius 2 is 1.50 bits per heavy atom. The van der Waals surface area contributed by atoms with Gasteiger partial charge in [-0.1, -0.05) is 39.0 Å². The van der Waals surface area contributed by atoms with Crippen LogP contribution in [-0.4, -0.2) is 60.8 Å². The number of thiocarbonyl (C=S) groups is 1. The van der Waals surface area contributed by atoms with Gasteiger partial charge in [0.25, 0.3) is 0 Å². The van der Waals surface area contributed by atoms with Crippen molar-refractivity contribution in [2.45, 2.75) is 102 Å². The molecule has 1 fully saturated rings. The molecule has 4 nitrogen and oxygen atoms in total. The zero-order valence-electron chi connectivity index (χ0n) is 22.4. The number of halogens is 3. The maximum atomic E-state index is 12.7. The Kier molecular flexibility index (Phi) is 14.1. The molecule has 206 valence electrons. The summed E-state index contributed by atoms with van der Waals surface area (Å²) in [7, 11) is 4.19. The Morgan fingerprint density at radius 3 is 2.11 bits per heavy atom. The zero-order valence-corrected chi connectivity index (χ0v) is 23.2. The molecule has 0 spiro atoms. The summed E-state index contributed by atoms with van der Waals surface area (Å²) in [6.45, 7) is 5.53. The van der Waals surface area contributed by atoms with Crippen LogP contribution in [0.25, 0.3) is 0 Å². The number of nitrogens with one attached hydrogen (secondary N) is 1. The second-order valence-corrected chi connectivity index (χ2v) is 10.6. The van der Waals surface area contributed by atoms with E-state index in [9.17, 15) is 13.2 Å². The standard InChI is InChI=1S/C28H46F3N3OS/c1-4-5-9-20-33(2)21-10-7-6-8-11-22-35-26-18-16-25(17-19-26)34(3)27(36)32-24-14-12-23(13-15-24)28(29,30)31/h12-15,25-26H,4-11,16-22H2,1-3H3,(H,32,36)/t25-,26-. The Hall–Kier alpha value is -1.38. The van der Waals surface area contributed by atoms with Crippen LogP contribution in [0.5, 0.6) is 0 Å². The number of rotatable bonds is 15.